The monoisotopic (exact) mass is 324 g/mol. The molecule has 0 bridgehead atoms. The van der Waals surface area contributed by atoms with E-state index in [4.69, 9.17) is 9.47 Å². The number of likely N-dealkylation sites (tertiary alicyclic amines) is 1. The second-order valence-electron chi connectivity index (χ2n) is 7.37. The molecule has 2 amide bonds. The van der Waals surface area contributed by atoms with Gasteiger partial charge in [-0.15, -0.1) is 0 Å². The number of ether oxygens (including phenoxy) is 2. The summed E-state index contributed by atoms with van der Waals surface area (Å²) in [6, 6.07) is -0.0382. The van der Waals surface area contributed by atoms with Crippen LogP contribution in [-0.2, 0) is 14.3 Å². The molecule has 0 N–H and O–H groups in total. The Morgan fingerprint density at radius 1 is 1.26 bits per heavy atom. The Morgan fingerprint density at radius 2 is 1.83 bits per heavy atom. The standard InChI is InChI=1S/C17H28N2O4/c1-7-14(20)19-12(2)17(22-13(19)3)8-10-18(11-9-17)15(21)23-16(4,5)6/h7,12-13H,1,8-11H2,2-6H3/t12-,13?/m0/s1. The maximum atomic E-state index is 12.2. The van der Waals surface area contributed by atoms with Crippen LogP contribution in [0.2, 0.25) is 0 Å². The van der Waals surface area contributed by atoms with Crippen LogP contribution < -0.4 is 0 Å². The summed E-state index contributed by atoms with van der Waals surface area (Å²) in [4.78, 5) is 27.7. The highest BCUT2D eigenvalue weighted by molar-refractivity contribution is 5.87. The van der Waals surface area contributed by atoms with Crippen molar-refractivity contribution in [3.05, 3.63) is 12.7 Å². The molecule has 130 valence electrons. The van der Waals surface area contributed by atoms with Gasteiger partial charge in [0.2, 0.25) is 5.91 Å². The summed E-state index contributed by atoms with van der Waals surface area (Å²) in [5.74, 6) is -0.114. The number of carbonyl (C=O) groups excluding carboxylic acids is 2. The number of carbonyl (C=O) groups is 2. The van der Waals surface area contributed by atoms with Gasteiger partial charge in [-0.1, -0.05) is 6.58 Å². The minimum atomic E-state index is -0.495. The van der Waals surface area contributed by atoms with Crippen LogP contribution in [0.3, 0.4) is 0 Å². The van der Waals surface area contributed by atoms with Crippen molar-refractivity contribution in [2.75, 3.05) is 13.1 Å². The van der Waals surface area contributed by atoms with Gasteiger partial charge in [0, 0.05) is 13.1 Å². The molecular weight excluding hydrogens is 296 g/mol. The van der Waals surface area contributed by atoms with Gasteiger partial charge in [0.05, 0.1) is 11.6 Å². The van der Waals surface area contributed by atoms with E-state index in [9.17, 15) is 9.59 Å². The van der Waals surface area contributed by atoms with Crippen molar-refractivity contribution in [1.29, 1.82) is 0 Å². The number of piperidine rings is 1. The molecule has 0 aliphatic carbocycles. The Kier molecular flexibility index (Phi) is 4.76. The normalized spacial score (nSPS) is 27.2. The fourth-order valence-electron chi connectivity index (χ4n) is 3.47. The van der Waals surface area contributed by atoms with Crippen molar-refractivity contribution in [2.45, 2.75) is 70.9 Å². The van der Waals surface area contributed by atoms with Gasteiger partial charge in [-0.25, -0.2) is 4.79 Å². The number of hydrogen-bond acceptors (Lipinski definition) is 4. The largest absolute Gasteiger partial charge is 0.444 e. The van der Waals surface area contributed by atoms with Gasteiger partial charge in [-0.05, 0) is 53.5 Å². The Labute approximate surface area is 138 Å². The van der Waals surface area contributed by atoms with Gasteiger partial charge in [-0.2, -0.15) is 0 Å². The third-order valence-corrected chi connectivity index (χ3v) is 4.67. The van der Waals surface area contributed by atoms with Crippen molar-refractivity contribution < 1.29 is 19.1 Å². The highest BCUT2D eigenvalue weighted by Crippen LogP contribution is 2.40. The van der Waals surface area contributed by atoms with Crippen LogP contribution in [0.25, 0.3) is 0 Å². The second kappa shape index (κ2) is 6.15. The van der Waals surface area contributed by atoms with Gasteiger partial charge in [0.25, 0.3) is 0 Å². The summed E-state index contributed by atoms with van der Waals surface area (Å²) in [5.41, 5.74) is -0.887. The molecule has 2 saturated heterocycles. The quantitative estimate of drug-likeness (QED) is 0.696. The molecule has 1 unspecified atom stereocenters. The van der Waals surface area contributed by atoms with E-state index in [2.05, 4.69) is 6.58 Å². The average molecular weight is 324 g/mol. The summed E-state index contributed by atoms with van der Waals surface area (Å²) < 4.78 is 11.6. The molecule has 0 aromatic heterocycles. The molecule has 0 aromatic rings. The molecule has 2 atom stereocenters. The summed E-state index contributed by atoms with van der Waals surface area (Å²) in [6.45, 7) is 14.2. The van der Waals surface area contributed by atoms with E-state index in [1.807, 2.05) is 34.6 Å². The van der Waals surface area contributed by atoms with Crippen LogP contribution in [0.5, 0.6) is 0 Å². The minimum absolute atomic E-state index is 0.0382. The molecule has 2 fully saturated rings. The summed E-state index contributed by atoms with van der Waals surface area (Å²) in [6.07, 6.45) is 2.15. The lowest BCUT2D eigenvalue weighted by molar-refractivity contribution is -0.132. The maximum Gasteiger partial charge on any atom is 0.410 e. The topological polar surface area (TPSA) is 59.1 Å². The molecule has 23 heavy (non-hydrogen) atoms. The van der Waals surface area contributed by atoms with Crippen LogP contribution in [0.4, 0.5) is 4.79 Å². The zero-order valence-electron chi connectivity index (χ0n) is 14.8. The van der Waals surface area contributed by atoms with E-state index in [1.54, 1.807) is 9.80 Å². The average Bonchev–Trinajstić information content (AvgIpc) is 2.68. The Hall–Kier alpha value is -1.56. The molecule has 0 aromatic carbocycles. The first-order valence-corrected chi connectivity index (χ1v) is 8.20. The van der Waals surface area contributed by atoms with Crippen LogP contribution >= 0.6 is 0 Å². The lowest BCUT2D eigenvalue weighted by Crippen LogP contribution is -2.53. The van der Waals surface area contributed by atoms with Crippen LogP contribution in [0.15, 0.2) is 12.7 Å². The predicted molar refractivity (Wildman–Crippen MR) is 86.8 cm³/mol. The van der Waals surface area contributed by atoms with Crippen LogP contribution in [0.1, 0.15) is 47.5 Å². The predicted octanol–water partition coefficient (Wildman–Crippen LogP) is 2.54. The molecule has 2 aliphatic rings. The van der Waals surface area contributed by atoms with Gasteiger partial charge >= 0.3 is 6.09 Å². The van der Waals surface area contributed by atoms with Crippen LogP contribution in [0, 0.1) is 0 Å². The van der Waals surface area contributed by atoms with E-state index in [1.165, 1.54) is 6.08 Å². The molecule has 6 nitrogen and oxygen atoms in total. The Balaban J connectivity index is 2.02. The zero-order valence-corrected chi connectivity index (χ0v) is 14.8. The number of rotatable bonds is 1. The minimum Gasteiger partial charge on any atom is -0.444 e. The molecule has 2 rings (SSSR count). The number of hydrogen-bond donors (Lipinski definition) is 0. The lowest BCUT2D eigenvalue weighted by atomic mass is 9.85. The van der Waals surface area contributed by atoms with Crippen molar-refractivity contribution in [1.82, 2.24) is 9.80 Å². The molecule has 0 radical (unpaired) electrons. The molecule has 2 aliphatic heterocycles. The SMILES string of the molecule is C=CC(=O)N1C(C)OC2(CCN(C(=O)OC(C)(C)C)CC2)[C@@H]1C. The molecule has 2 heterocycles. The highest BCUT2D eigenvalue weighted by Gasteiger charge is 2.52. The van der Waals surface area contributed by atoms with Crippen molar-refractivity contribution in [3.8, 4) is 0 Å². The first-order chi connectivity index (χ1) is 10.6. The lowest BCUT2D eigenvalue weighted by Gasteiger charge is -2.41. The van der Waals surface area contributed by atoms with Crippen LogP contribution in [-0.4, -0.2) is 58.4 Å². The Morgan fingerprint density at radius 3 is 2.30 bits per heavy atom. The highest BCUT2D eigenvalue weighted by atomic mass is 16.6. The van der Waals surface area contributed by atoms with E-state index in [-0.39, 0.29) is 24.3 Å². The molecule has 6 heteroatoms. The van der Waals surface area contributed by atoms with E-state index < -0.39 is 11.2 Å². The number of amides is 2. The van der Waals surface area contributed by atoms with Crippen molar-refractivity contribution in [2.24, 2.45) is 0 Å². The van der Waals surface area contributed by atoms with Crippen molar-refractivity contribution in [3.63, 3.8) is 0 Å². The van der Waals surface area contributed by atoms with E-state index in [0.29, 0.717) is 25.9 Å². The van der Waals surface area contributed by atoms with Gasteiger partial charge in [0.15, 0.2) is 0 Å². The van der Waals surface area contributed by atoms with E-state index >= 15 is 0 Å². The zero-order chi connectivity index (χ0) is 17.4. The summed E-state index contributed by atoms with van der Waals surface area (Å²) in [7, 11) is 0. The second-order valence-corrected chi connectivity index (χ2v) is 7.37. The van der Waals surface area contributed by atoms with Gasteiger partial charge in [-0.3, -0.25) is 4.79 Å². The van der Waals surface area contributed by atoms with Gasteiger partial charge in [0.1, 0.15) is 11.8 Å². The molecular formula is C17H28N2O4. The smallest absolute Gasteiger partial charge is 0.410 e. The van der Waals surface area contributed by atoms with E-state index in [0.717, 1.165) is 0 Å². The molecule has 0 saturated carbocycles. The number of nitrogens with zero attached hydrogens (tertiary/aromatic N) is 2. The fourth-order valence-corrected chi connectivity index (χ4v) is 3.47. The van der Waals surface area contributed by atoms with Crippen molar-refractivity contribution >= 4 is 12.0 Å². The Bertz CT molecular complexity index is 489. The molecule has 1 spiro atoms. The summed E-state index contributed by atoms with van der Waals surface area (Å²) in [5, 5.41) is 0. The first kappa shape index (κ1) is 17.8. The maximum absolute atomic E-state index is 12.2. The first-order valence-electron chi connectivity index (χ1n) is 8.20. The van der Waals surface area contributed by atoms with Gasteiger partial charge < -0.3 is 19.3 Å². The third-order valence-electron chi connectivity index (χ3n) is 4.67. The third kappa shape index (κ3) is 3.52. The fraction of sp³-hybridized carbons (Fsp3) is 0.765. The summed E-state index contributed by atoms with van der Waals surface area (Å²) >= 11 is 0.